The van der Waals surface area contributed by atoms with E-state index in [1.54, 1.807) is 18.2 Å². The van der Waals surface area contributed by atoms with Gasteiger partial charge < -0.3 is 21.3 Å². The molecule has 186 valence electrons. The van der Waals surface area contributed by atoms with Crippen LogP contribution in [-0.2, 0) is 14.4 Å². The van der Waals surface area contributed by atoms with E-state index < -0.39 is 29.9 Å². The SMILES string of the molecule is CCCCC/C=C\C\C=C/C=C/C=C/[C@@H](C(=O)CNC(=O)[C@H](N)CS)[C@@H](O)CCCC(=O)O. The highest BCUT2D eigenvalue weighted by molar-refractivity contribution is 7.80. The quantitative estimate of drug-likeness (QED) is 0.0834. The van der Waals surface area contributed by atoms with Crippen LogP contribution in [0.15, 0.2) is 48.6 Å². The average molecular weight is 481 g/mol. The molecule has 0 spiro atoms. The largest absolute Gasteiger partial charge is 0.481 e. The molecule has 1 amide bonds. The maximum atomic E-state index is 12.6. The Morgan fingerprint density at radius 3 is 2.42 bits per heavy atom. The second-order valence-electron chi connectivity index (χ2n) is 7.75. The molecule has 5 N–H and O–H groups in total. The fourth-order valence-corrected chi connectivity index (χ4v) is 3.04. The van der Waals surface area contributed by atoms with E-state index in [4.69, 9.17) is 10.8 Å². The minimum Gasteiger partial charge on any atom is -0.481 e. The van der Waals surface area contributed by atoms with Crippen molar-refractivity contribution in [3.63, 3.8) is 0 Å². The summed E-state index contributed by atoms with van der Waals surface area (Å²) < 4.78 is 0. The maximum Gasteiger partial charge on any atom is 0.303 e. The van der Waals surface area contributed by atoms with Gasteiger partial charge in [0.1, 0.15) is 0 Å². The topological polar surface area (TPSA) is 130 Å². The third-order valence-corrected chi connectivity index (χ3v) is 5.24. The molecule has 0 aliphatic rings. The zero-order valence-corrected chi connectivity index (χ0v) is 20.5. The van der Waals surface area contributed by atoms with Crippen LogP contribution in [0.3, 0.4) is 0 Å². The Kier molecular flexibility index (Phi) is 19.1. The molecule has 0 saturated heterocycles. The fraction of sp³-hybridized carbons (Fsp3) is 0.560. The summed E-state index contributed by atoms with van der Waals surface area (Å²) in [5, 5.41) is 21.7. The number of carboxylic acids is 1. The minimum atomic E-state index is -1.05. The number of rotatable bonds is 19. The number of ketones is 1. The van der Waals surface area contributed by atoms with Crippen molar-refractivity contribution in [2.24, 2.45) is 11.7 Å². The van der Waals surface area contributed by atoms with Crippen LogP contribution in [0.25, 0.3) is 0 Å². The number of carboxylic acid groups (broad SMARTS) is 1. The lowest BCUT2D eigenvalue weighted by Gasteiger charge is -2.19. The van der Waals surface area contributed by atoms with Crippen molar-refractivity contribution >= 4 is 30.3 Å². The predicted octanol–water partition coefficient (Wildman–Crippen LogP) is 3.36. The fourth-order valence-electron chi connectivity index (χ4n) is 2.87. The molecule has 33 heavy (non-hydrogen) atoms. The molecule has 0 saturated carbocycles. The van der Waals surface area contributed by atoms with Crippen molar-refractivity contribution in [1.29, 1.82) is 0 Å². The Morgan fingerprint density at radius 2 is 1.76 bits per heavy atom. The maximum absolute atomic E-state index is 12.6. The summed E-state index contributed by atoms with van der Waals surface area (Å²) in [7, 11) is 0. The van der Waals surface area contributed by atoms with Gasteiger partial charge in [-0.3, -0.25) is 14.4 Å². The Labute approximate surface area is 203 Å². The first kappa shape index (κ1) is 30.8. The number of aliphatic hydroxyl groups is 1. The number of thiol groups is 1. The molecule has 0 heterocycles. The van der Waals surface area contributed by atoms with Crippen LogP contribution < -0.4 is 11.1 Å². The van der Waals surface area contributed by atoms with Crippen molar-refractivity contribution < 1.29 is 24.6 Å². The number of carbonyl (C=O) groups excluding carboxylic acids is 2. The Balaban J connectivity index is 4.79. The second kappa shape index (κ2) is 20.4. The third-order valence-electron chi connectivity index (χ3n) is 4.85. The average Bonchev–Trinajstić information content (AvgIpc) is 2.79. The standard InChI is InChI=1S/C25H40N2O5S/c1-2-3-4-5-6-7-8-9-10-11-12-13-15-20(22(28)16-14-17-24(30)31)23(29)18-27-25(32)21(26)19-33/h6-7,9-13,15,20-22,28,33H,2-5,8,14,16-19,26H2,1H3,(H,27,32)(H,30,31)/b7-6-,10-9-,12-11+,15-13+/t20-,21-,22+/m1/s1. The summed E-state index contributed by atoms with van der Waals surface area (Å²) in [6.45, 7) is 1.91. The molecule has 0 aromatic carbocycles. The number of aliphatic hydroxyl groups excluding tert-OH is 1. The second-order valence-corrected chi connectivity index (χ2v) is 8.12. The highest BCUT2D eigenvalue weighted by Gasteiger charge is 2.25. The predicted molar refractivity (Wildman–Crippen MR) is 136 cm³/mol. The molecule has 0 aliphatic carbocycles. The lowest BCUT2D eigenvalue weighted by atomic mass is 9.92. The highest BCUT2D eigenvalue weighted by atomic mass is 32.1. The van der Waals surface area contributed by atoms with Crippen LogP contribution in [0.5, 0.6) is 0 Å². The molecule has 0 unspecified atom stereocenters. The number of hydrogen-bond donors (Lipinski definition) is 5. The summed E-state index contributed by atoms with van der Waals surface area (Å²) in [6.07, 6.45) is 19.9. The smallest absolute Gasteiger partial charge is 0.303 e. The summed E-state index contributed by atoms with van der Waals surface area (Å²) in [5.74, 6) is -2.56. The molecular weight excluding hydrogens is 440 g/mol. The summed E-state index contributed by atoms with van der Waals surface area (Å²) in [4.78, 5) is 35.1. The van der Waals surface area contributed by atoms with Crippen LogP contribution in [0.2, 0.25) is 0 Å². The number of Topliss-reactive ketones (excluding diaryl/α,β-unsaturated/α-hetero) is 1. The van der Waals surface area contributed by atoms with E-state index in [2.05, 4.69) is 37.0 Å². The first-order valence-electron chi connectivity index (χ1n) is 11.5. The molecule has 0 radical (unpaired) electrons. The van der Waals surface area contributed by atoms with E-state index >= 15 is 0 Å². The monoisotopic (exact) mass is 480 g/mol. The lowest BCUT2D eigenvalue weighted by molar-refractivity contribution is -0.137. The van der Waals surface area contributed by atoms with E-state index in [1.807, 2.05) is 18.2 Å². The van der Waals surface area contributed by atoms with Crippen LogP contribution in [0.1, 0.15) is 58.3 Å². The zero-order chi connectivity index (χ0) is 24.9. The van der Waals surface area contributed by atoms with E-state index in [0.717, 1.165) is 12.8 Å². The van der Waals surface area contributed by atoms with Crippen molar-refractivity contribution in [1.82, 2.24) is 5.32 Å². The van der Waals surface area contributed by atoms with Gasteiger partial charge in [-0.25, -0.2) is 0 Å². The van der Waals surface area contributed by atoms with Crippen molar-refractivity contribution in [3.05, 3.63) is 48.6 Å². The number of amides is 1. The number of unbranched alkanes of at least 4 members (excludes halogenated alkanes) is 3. The van der Waals surface area contributed by atoms with Crippen LogP contribution >= 0.6 is 12.6 Å². The number of nitrogens with one attached hydrogen (secondary N) is 1. The molecule has 0 aromatic heterocycles. The van der Waals surface area contributed by atoms with Gasteiger partial charge in [-0.15, -0.1) is 0 Å². The molecule has 0 aromatic rings. The minimum absolute atomic E-state index is 0.0903. The van der Waals surface area contributed by atoms with Crippen molar-refractivity contribution in [2.75, 3.05) is 12.3 Å². The van der Waals surface area contributed by atoms with Crippen molar-refractivity contribution in [2.45, 2.75) is 70.4 Å². The number of hydrogen-bond acceptors (Lipinski definition) is 6. The normalized spacial score (nSPS) is 14.9. The van der Waals surface area contributed by atoms with Gasteiger partial charge in [-0.2, -0.15) is 12.6 Å². The molecule has 3 atom stereocenters. The summed E-state index contributed by atoms with van der Waals surface area (Å²) >= 11 is 3.95. The van der Waals surface area contributed by atoms with E-state index in [1.165, 1.54) is 19.3 Å². The number of carbonyl (C=O) groups is 3. The van der Waals surface area contributed by atoms with Gasteiger partial charge in [-0.05, 0) is 32.1 Å². The van der Waals surface area contributed by atoms with Gasteiger partial charge in [-0.1, -0.05) is 68.4 Å². The highest BCUT2D eigenvalue weighted by Crippen LogP contribution is 2.14. The van der Waals surface area contributed by atoms with E-state index in [9.17, 15) is 19.5 Å². The van der Waals surface area contributed by atoms with Crippen LogP contribution in [0.4, 0.5) is 0 Å². The first-order valence-corrected chi connectivity index (χ1v) is 12.2. The lowest BCUT2D eigenvalue weighted by Crippen LogP contribution is -2.45. The molecular formula is C25H40N2O5S. The van der Waals surface area contributed by atoms with Gasteiger partial charge in [0, 0.05) is 12.2 Å². The van der Waals surface area contributed by atoms with Gasteiger partial charge in [0.15, 0.2) is 5.78 Å². The van der Waals surface area contributed by atoms with E-state index in [-0.39, 0.29) is 37.3 Å². The van der Waals surface area contributed by atoms with Crippen molar-refractivity contribution in [3.8, 4) is 0 Å². The van der Waals surface area contributed by atoms with Gasteiger partial charge >= 0.3 is 5.97 Å². The zero-order valence-electron chi connectivity index (χ0n) is 19.6. The Morgan fingerprint density at radius 1 is 1.03 bits per heavy atom. The van der Waals surface area contributed by atoms with Gasteiger partial charge in [0.25, 0.3) is 0 Å². The number of allylic oxidation sites excluding steroid dienone is 7. The van der Waals surface area contributed by atoms with Gasteiger partial charge in [0.05, 0.1) is 24.6 Å². The Bertz CT molecular complexity index is 688. The molecule has 0 rings (SSSR count). The van der Waals surface area contributed by atoms with Gasteiger partial charge in [0.2, 0.25) is 5.91 Å². The number of aliphatic carboxylic acids is 1. The molecule has 7 nitrogen and oxygen atoms in total. The van der Waals surface area contributed by atoms with Crippen LogP contribution in [0, 0.1) is 5.92 Å². The molecule has 0 aliphatic heterocycles. The third kappa shape index (κ3) is 17.0. The van der Waals surface area contributed by atoms with E-state index in [0.29, 0.717) is 0 Å². The first-order chi connectivity index (χ1) is 15.8. The molecule has 0 bridgehead atoms. The summed E-state index contributed by atoms with van der Waals surface area (Å²) in [5.41, 5.74) is 5.58. The number of nitrogens with two attached hydrogens (primary N) is 1. The Hall–Kier alpha value is -2.16. The summed E-state index contributed by atoms with van der Waals surface area (Å²) in [6, 6.07) is -0.823. The molecule has 0 fully saturated rings. The van der Waals surface area contributed by atoms with Crippen LogP contribution in [-0.4, -0.2) is 52.3 Å². The molecule has 8 heteroatoms.